The van der Waals surface area contributed by atoms with E-state index in [-0.39, 0.29) is 24.3 Å². The van der Waals surface area contributed by atoms with Crippen LogP contribution in [0.2, 0.25) is 0 Å². The first-order valence-electron chi connectivity index (χ1n) is 6.62. The van der Waals surface area contributed by atoms with Gasteiger partial charge in [-0.3, -0.25) is 14.3 Å². The first-order valence-corrected chi connectivity index (χ1v) is 6.62. The molecule has 1 aromatic carbocycles. The highest BCUT2D eigenvalue weighted by atomic mass is 19.1. The Morgan fingerprint density at radius 2 is 2.10 bits per heavy atom. The fourth-order valence-electron chi connectivity index (χ4n) is 2.59. The number of carbonyl (C=O) groups excluding carboxylic acids is 1. The van der Waals surface area contributed by atoms with Gasteiger partial charge in [-0.1, -0.05) is 0 Å². The lowest BCUT2D eigenvalue weighted by molar-refractivity contribution is -0.117. The molecule has 0 aliphatic carbocycles. The van der Waals surface area contributed by atoms with Crippen molar-refractivity contribution in [2.45, 2.75) is 19.9 Å². The Morgan fingerprint density at radius 1 is 1.33 bits per heavy atom. The molecule has 2 aromatic heterocycles. The maximum atomic E-state index is 13.6. The molecule has 0 aliphatic rings. The summed E-state index contributed by atoms with van der Waals surface area (Å²) in [6, 6.07) is 4.32. The molecular formula is C15H14FN3O2. The molecule has 0 N–H and O–H groups in total. The SMILES string of the molecule is CC(=O)CCn1c(=O)c2cnn(C)c2c2ccc(F)cc21. The second kappa shape index (κ2) is 4.80. The largest absolute Gasteiger partial charge is 0.307 e. The van der Waals surface area contributed by atoms with E-state index in [0.29, 0.717) is 16.4 Å². The molecule has 5 nitrogen and oxygen atoms in total. The first-order chi connectivity index (χ1) is 9.99. The average molecular weight is 287 g/mol. The van der Waals surface area contributed by atoms with Crippen LogP contribution < -0.4 is 5.56 Å². The third-order valence-corrected chi connectivity index (χ3v) is 3.61. The minimum atomic E-state index is -0.417. The topological polar surface area (TPSA) is 56.9 Å². The van der Waals surface area contributed by atoms with E-state index >= 15 is 0 Å². The molecule has 0 unspecified atom stereocenters. The third kappa shape index (κ3) is 2.12. The van der Waals surface area contributed by atoms with Gasteiger partial charge in [0.15, 0.2) is 0 Å². The minimum absolute atomic E-state index is 0.0160. The van der Waals surface area contributed by atoms with Crippen molar-refractivity contribution in [3.63, 3.8) is 0 Å². The molecule has 0 fully saturated rings. The van der Waals surface area contributed by atoms with Gasteiger partial charge >= 0.3 is 0 Å². The molecular weight excluding hydrogens is 273 g/mol. The van der Waals surface area contributed by atoms with Crippen molar-refractivity contribution in [3.8, 4) is 0 Å². The second-order valence-electron chi connectivity index (χ2n) is 5.10. The van der Waals surface area contributed by atoms with Crippen LogP contribution >= 0.6 is 0 Å². The number of nitrogens with zero attached hydrogens (tertiary/aromatic N) is 3. The number of fused-ring (bicyclic) bond motifs is 3. The van der Waals surface area contributed by atoms with Crippen LogP contribution in [0, 0.1) is 5.82 Å². The maximum Gasteiger partial charge on any atom is 0.262 e. The third-order valence-electron chi connectivity index (χ3n) is 3.61. The predicted molar refractivity (Wildman–Crippen MR) is 77.7 cm³/mol. The van der Waals surface area contributed by atoms with Crippen LogP contribution in [0.15, 0.2) is 29.2 Å². The molecule has 0 radical (unpaired) electrons. The number of Topliss-reactive ketones (excluding diaryl/α,β-unsaturated/α-hetero) is 1. The number of aryl methyl sites for hydroxylation is 2. The standard InChI is InChI=1S/C15H14FN3O2/c1-9(20)5-6-19-13-7-10(16)3-4-11(13)14-12(15(19)21)8-17-18(14)2/h3-4,7-8H,5-6H2,1-2H3. The van der Waals surface area contributed by atoms with Gasteiger partial charge in [-0.05, 0) is 25.1 Å². The number of benzene rings is 1. The highest BCUT2D eigenvalue weighted by Crippen LogP contribution is 2.23. The van der Waals surface area contributed by atoms with E-state index in [0.717, 1.165) is 5.39 Å². The van der Waals surface area contributed by atoms with Crippen molar-refractivity contribution in [3.05, 3.63) is 40.6 Å². The van der Waals surface area contributed by atoms with E-state index in [1.807, 2.05) is 0 Å². The van der Waals surface area contributed by atoms with Crippen LogP contribution in [0.4, 0.5) is 4.39 Å². The van der Waals surface area contributed by atoms with Gasteiger partial charge in [0.05, 0.1) is 22.6 Å². The second-order valence-corrected chi connectivity index (χ2v) is 5.10. The Morgan fingerprint density at radius 3 is 2.81 bits per heavy atom. The number of ketones is 1. The highest BCUT2D eigenvalue weighted by molar-refractivity contribution is 6.03. The Hall–Kier alpha value is -2.50. The van der Waals surface area contributed by atoms with Gasteiger partial charge < -0.3 is 4.57 Å². The number of pyridine rings is 1. The molecule has 0 spiro atoms. The number of rotatable bonds is 3. The van der Waals surface area contributed by atoms with Crippen molar-refractivity contribution in [1.29, 1.82) is 0 Å². The van der Waals surface area contributed by atoms with Gasteiger partial charge in [0, 0.05) is 25.4 Å². The van der Waals surface area contributed by atoms with E-state index in [1.165, 1.54) is 29.8 Å². The number of hydrogen-bond acceptors (Lipinski definition) is 3. The Bertz CT molecular complexity index is 924. The van der Waals surface area contributed by atoms with Crippen molar-refractivity contribution in [1.82, 2.24) is 14.3 Å². The number of halogens is 1. The Balaban J connectivity index is 2.42. The van der Waals surface area contributed by atoms with Gasteiger partial charge in [-0.25, -0.2) is 4.39 Å². The predicted octanol–water partition coefficient (Wildman–Crippen LogP) is 2.01. The van der Waals surface area contributed by atoms with Crippen LogP contribution in [0.5, 0.6) is 0 Å². The van der Waals surface area contributed by atoms with E-state index in [1.54, 1.807) is 17.8 Å². The summed E-state index contributed by atoms with van der Waals surface area (Å²) in [4.78, 5) is 23.7. The van der Waals surface area contributed by atoms with Crippen molar-refractivity contribution in [2.24, 2.45) is 7.05 Å². The van der Waals surface area contributed by atoms with E-state index in [4.69, 9.17) is 0 Å². The summed E-state index contributed by atoms with van der Waals surface area (Å²) in [6.45, 7) is 1.70. The molecule has 2 heterocycles. The van der Waals surface area contributed by atoms with Crippen LogP contribution in [-0.4, -0.2) is 20.1 Å². The lowest BCUT2D eigenvalue weighted by Crippen LogP contribution is -2.22. The fraction of sp³-hybridized carbons (Fsp3) is 0.267. The van der Waals surface area contributed by atoms with Gasteiger partial charge in [-0.15, -0.1) is 0 Å². The lowest BCUT2D eigenvalue weighted by Gasteiger charge is -2.11. The summed E-state index contributed by atoms with van der Waals surface area (Å²) in [5, 5.41) is 5.33. The van der Waals surface area contributed by atoms with E-state index in [9.17, 15) is 14.0 Å². The molecule has 0 bridgehead atoms. The molecule has 0 amide bonds. The summed E-state index contributed by atoms with van der Waals surface area (Å²) in [6.07, 6.45) is 1.74. The quantitative estimate of drug-likeness (QED) is 0.740. The monoisotopic (exact) mass is 287 g/mol. The molecule has 21 heavy (non-hydrogen) atoms. The zero-order valence-electron chi connectivity index (χ0n) is 11.8. The Labute approximate surface area is 119 Å². The molecule has 108 valence electrons. The smallest absolute Gasteiger partial charge is 0.262 e. The molecule has 0 atom stereocenters. The maximum absolute atomic E-state index is 13.6. The zero-order valence-corrected chi connectivity index (χ0v) is 11.8. The molecule has 0 saturated carbocycles. The summed E-state index contributed by atoms with van der Waals surface area (Å²) in [5.74, 6) is -0.433. The fourth-order valence-corrected chi connectivity index (χ4v) is 2.59. The summed E-state index contributed by atoms with van der Waals surface area (Å²) in [5.41, 5.74) is 0.906. The summed E-state index contributed by atoms with van der Waals surface area (Å²) < 4.78 is 16.6. The van der Waals surface area contributed by atoms with Gasteiger partial charge in [0.1, 0.15) is 11.6 Å². The normalized spacial score (nSPS) is 11.4. The number of hydrogen-bond donors (Lipinski definition) is 0. The number of aromatic nitrogens is 3. The lowest BCUT2D eigenvalue weighted by atomic mass is 10.1. The van der Waals surface area contributed by atoms with Crippen LogP contribution in [0.25, 0.3) is 21.8 Å². The highest BCUT2D eigenvalue weighted by Gasteiger charge is 2.14. The van der Waals surface area contributed by atoms with Gasteiger partial charge in [0.2, 0.25) is 0 Å². The van der Waals surface area contributed by atoms with E-state index in [2.05, 4.69) is 5.10 Å². The number of carbonyl (C=O) groups is 1. The van der Waals surface area contributed by atoms with Crippen molar-refractivity contribution in [2.75, 3.05) is 0 Å². The zero-order chi connectivity index (χ0) is 15.1. The molecule has 3 aromatic rings. The minimum Gasteiger partial charge on any atom is -0.307 e. The van der Waals surface area contributed by atoms with Crippen LogP contribution in [0.3, 0.4) is 0 Å². The van der Waals surface area contributed by atoms with Crippen LogP contribution in [-0.2, 0) is 18.4 Å². The molecule has 3 rings (SSSR count). The molecule has 0 aliphatic heterocycles. The first kappa shape index (κ1) is 13.5. The summed E-state index contributed by atoms with van der Waals surface area (Å²) in [7, 11) is 1.74. The molecule has 6 heteroatoms. The van der Waals surface area contributed by atoms with Crippen molar-refractivity contribution >= 4 is 27.6 Å². The Kier molecular flexibility index (Phi) is 3.08. The van der Waals surface area contributed by atoms with Gasteiger partial charge in [0.25, 0.3) is 5.56 Å². The summed E-state index contributed by atoms with van der Waals surface area (Å²) >= 11 is 0. The van der Waals surface area contributed by atoms with Gasteiger partial charge in [-0.2, -0.15) is 5.10 Å². The van der Waals surface area contributed by atoms with Crippen LogP contribution in [0.1, 0.15) is 13.3 Å². The molecule has 0 saturated heterocycles. The van der Waals surface area contributed by atoms with E-state index < -0.39 is 5.82 Å². The average Bonchev–Trinajstić information content (AvgIpc) is 2.81. The van der Waals surface area contributed by atoms with Crippen molar-refractivity contribution < 1.29 is 9.18 Å².